The van der Waals surface area contributed by atoms with Crippen LogP contribution in [0.25, 0.3) is 0 Å². The summed E-state index contributed by atoms with van der Waals surface area (Å²) in [7, 11) is 1.64. The molecule has 1 heterocycles. The van der Waals surface area contributed by atoms with Crippen molar-refractivity contribution in [2.24, 2.45) is 34.5 Å². The first-order chi connectivity index (χ1) is 15.8. The molecule has 0 aromatic carbocycles. The van der Waals surface area contributed by atoms with Crippen LogP contribution in [0.3, 0.4) is 0 Å². The summed E-state index contributed by atoms with van der Waals surface area (Å²) in [6.07, 6.45) is 13.3. The fourth-order valence-electron chi connectivity index (χ4n) is 8.04. The minimum Gasteiger partial charge on any atom is -0.431 e. The number of carbonyl (C=O) groups excluding carboxylic acids is 1. The van der Waals surface area contributed by atoms with E-state index >= 15 is 0 Å². The normalized spacial score (nSPS) is 39.0. The molecule has 5 nitrogen and oxygen atoms in total. The zero-order valence-electron chi connectivity index (χ0n) is 21.4. The van der Waals surface area contributed by atoms with E-state index in [1.165, 1.54) is 37.7 Å². The largest absolute Gasteiger partial charge is 0.431 e. The van der Waals surface area contributed by atoms with Crippen LogP contribution in [0.1, 0.15) is 97.8 Å². The van der Waals surface area contributed by atoms with E-state index in [9.17, 15) is 4.79 Å². The number of esters is 1. The van der Waals surface area contributed by atoms with Gasteiger partial charge < -0.3 is 19.3 Å². The summed E-state index contributed by atoms with van der Waals surface area (Å²) in [4.78, 5) is 13.3. The zero-order valence-corrected chi connectivity index (χ0v) is 21.4. The van der Waals surface area contributed by atoms with Gasteiger partial charge in [-0.05, 0) is 74.2 Å². The molecule has 0 unspecified atom stereocenters. The Morgan fingerprint density at radius 1 is 1.09 bits per heavy atom. The van der Waals surface area contributed by atoms with E-state index in [4.69, 9.17) is 19.3 Å². The van der Waals surface area contributed by atoms with Crippen LogP contribution in [0.4, 0.5) is 0 Å². The highest BCUT2D eigenvalue weighted by molar-refractivity contribution is 5.77. The van der Waals surface area contributed by atoms with Gasteiger partial charge in [0.1, 0.15) is 12.6 Å². The molecule has 1 aliphatic heterocycles. The fraction of sp³-hybridized carbons (Fsp3) is 0.893. The van der Waals surface area contributed by atoms with Crippen molar-refractivity contribution < 1.29 is 24.1 Å². The Labute approximate surface area is 200 Å². The molecule has 4 aliphatic rings. The fourth-order valence-corrected chi connectivity index (χ4v) is 8.04. The molecule has 3 aliphatic carbocycles. The standard InChI is InChI=1S/C28H46O5/c1-19(9-7-5-6-8-16-29)21-10-11-22-25-23(13-15-27(21,22)2)28(3)14-12-20(32-18-31-4)17-24(28)26(30)33-25/h19-22,24,29H,5-18H2,1-4H3/t19-,20+,21-,22+,24-,27-,28-/m1/s1. The highest BCUT2D eigenvalue weighted by Gasteiger charge is 2.59. The first-order valence-electron chi connectivity index (χ1n) is 13.5. The van der Waals surface area contributed by atoms with E-state index in [1.807, 2.05) is 0 Å². The Morgan fingerprint density at radius 2 is 1.88 bits per heavy atom. The molecule has 7 atom stereocenters. The molecule has 188 valence electrons. The van der Waals surface area contributed by atoms with E-state index in [0.717, 1.165) is 50.7 Å². The van der Waals surface area contributed by atoms with Gasteiger partial charge in [-0.15, -0.1) is 0 Å². The third-order valence-corrected chi connectivity index (χ3v) is 10.1. The first-order valence-corrected chi connectivity index (χ1v) is 13.5. The lowest BCUT2D eigenvalue weighted by Crippen LogP contribution is -2.50. The number of rotatable bonds is 10. The Hall–Kier alpha value is -0.910. The number of hydrogen-bond acceptors (Lipinski definition) is 5. The van der Waals surface area contributed by atoms with Crippen LogP contribution in [0.15, 0.2) is 11.3 Å². The van der Waals surface area contributed by atoms with Gasteiger partial charge in [0.2, 0.25) is 0 Å². The van der Waals surface area contributed by atoms with Crippen LogP contribution in [0, 0.1) is 34.5 Å². The molecule has 2 fully saturated rings. The van der Waals surface area contributed by atoms with Gasteiger partial charge in [-0.25, -0.2) is 0 Å². The predicted octanol–water partition coefficient (Wildman–Crippen LogP) is 6.00. The van der Waals surface area contributed by atoms with Crippen molar-refractivity contribution in [2.75, 3.05) is 20.5 Å². The second-order valence-corrected chi connectivity index (χ2v) is 11.8. The molecule has 4 rings (SSSR count). The SMILES string of the molecule is COCO[C@H]1CC[C@]2(C)C3=C(OC(=O)[C@H]2C1)[C@@H]1CC[C@H]([C@H](C)CCCCCCO)[C@@]1(C)CC3. The summed E-state index contributed by atoms with van der Waals surface area (Å²) in [5, 5.41) is 9.01. The number of allylic oxidation sites excluding steroid dienone is 2. The number of methoxy groups -OCH3 is 1. The average molecular weight is 463 g/mol. The van der Waals surface area contributed by atoms with Crippen LogP contribution in [-0.2, 0) is 19.0 Å². The third kappa shape index (κ3) is 4.67. The molecule has 0 bridgehead atoms. The highest BCUT2D eigenvalue weighted by Crippen LogP contribution is 2.65. The summed E-state index contributed by atoms with van der Waals surface area (Å²) in [6.45, 7) is 7.86. The van der Waals surface area contributed by atoms with Crippen molar-refractivity contribution in [2.45, 2.75) is 104 Å². The average Bonchev–Trinajstić information content (AvgIpc) is 3.15. The van der Waals surface area contributed by atoms with Crippen LogP contribution in [0.5, 0.6) is 0 Å². The number of ether oxygens (including phenoxy) is 3. The lowest BCUT2D eigenvalue weighted by molar-refractivity contribution is -0.164. The van der Waals surface area contributed by atoms with Crippen molar-refractivity contribution in [1.29, 1.82) is 0 Å². The van der Waals surface area contributed by atoms with Gasteiger partial charge in [0, 0.05) is 25.0 Å². The smallest absolute Gasteiger partial charge is 0.315 e. The maximum absolute atomic E-state index is 13.3. The van der Waals surface area contributed by atoms with Gasteiger partial charge in [-0.3, -0.25) is 4.79 Å². The molecule has 2 saturated carbocycles. The lowest BCUT2D eigenvalue weighted by Gasteiger charge is -2.53. The van der Waals surface area contributed by atoms with E-state index in [1.54, 1.807) is 7.11 Å². The summed E-state index contributed by atoms with van der Waals surface area (Å²) in [6, 6.07) is 0. The minimum absolute atomic E-state index is 0.0217. The molecule has 0 aromatic heterocycles. The molecule has 0 aromatic rings. The maximum Gasteiger partial charge on any atom is 0.315 e. The molecule has 0 amide bonds. The molecule has 33 heavy (non-hydrogen) atoms. The number of unbranched alkanes of at least 4 members (excludes halogenated alkanes) is 3. The quantitative estimate of drug-likeness (QED) is 0.245. The third-order valence-electron chi connectivity index (χ3n) is 10.1. The molecule has 1 N–H and O–H groups in total. The van der Waals surface area contributed by atoms with Gasteiger partial charge in [0.05, 0.1) is 12.0 Å². The molecule has 0 spiro atoms. The number of carbonyl (C=O) groups is 1. The minimum atomic E-state index is -0.0914. The van der Waals surface area contributed by atoms with Gasteiger partial charge in [-0.2, -0.15) is 0 Å². The monoisotopic (exact) mass is 462 g/mol. The van der Waals surface area contributed by atoms with Gasteiger partial charge in [0.25, 0.3) is 0 Å². The van der Waals surface area contributed by atoms with Crippen LogP contribution < -0.4 is 0 Å². The van der Waals surface area contributed by atoms with E-state index in [2.05, 4.69) is 20.8 Å². The summed E-state index contributed by atoms with van der Waals surface area (Å²) in [5.74, 6) is 2.76. The van der Waals surface area contributed by atoms with E-state index < -0.39 is 0 Å². The molecule has 0 radical (unpaired) electrons. The predicted molar refractivity (Wildman–Crippen MR) is 128 cm³/mol. The lowest BCUT2D eigenvalue weighted by atomic mass is 9.54. The van der Waals surface area contributed by atoms with Crippen molar-refractivity contribution in [3.8, 4) is 0 Å². The first kappa shape index (κ1) is 25.2. The van der Waals surface area contributed by atoms with Crippen molar-refractivity contribution in [3.63, 3.8) is 0 Å². The molecular formula is C28H46O5. The second kappa shape index (κ2) is 10.4. The Balaban J connectivity index is 1.47. The summed E-state index contributed by atoms with van der Waals surface area (Å²) >= 11 is 0. The number of aliphatic hydroxyl groups is 1. The van der Waals surface area contributed by atoms with E-state index in [-0.39, 0.29) is 28.8 Å². The number of hydrogen-bond donors (Lipinski definition) is 1. The number of aliphatic hydroxyl groups excluding tert-OH is 1. The maximum atomic E-state index is 13.3. The number of fused-ring (bicyclic) bond motifs is 4. The van der Waals surface area contributed by atoms with Gasteiger partial charge >= 0.3 is 5.97 Å². The van der Waals surface area contributed by atoms with Crippen molar-refractivity contribution in [1.82, 2.24) is 0 Å². The Morgan fingerprint density at radius 3 is 2.64 bits per heavy atom. The van der Waals surface area contributed by atoms with Crippen LogP contribution >= 0.6 is 0 Å². The molecule has 0 saturated heterocycles. The Kier molecular flexibility index (Phi) is 7.92. The van der Waals surface area contributed by atoms with Crippen LogP contribution in [0.2, 0.25) is 0 Å². The second-order valence-electron chi connectivity index (χ2n) is 11.8. The summed E-state index contributed by atoms with van der Waals surface area (Å²) in [5.41, 5.74) is 1.62. The van der Waals surface area contributed by atoms with E-state index in [0.29, 0.717) is 31.2 Å². The van der Waals surface area contributed by atoms with Crippen LogP contribution in [-0.4, -0.2) is 37.7 Å². The molecule has 5 heteroatoms. The topological polar surface area (TPSA) is 65.0 Å². The molecular weight excluding hydrogens is 416 g/mol. The Bertz CT molecular complexity index is 732. The summed E-state index contributed by atoms with van der Waals surface area (Å²) < 4.78 is 17.2. The zero-order chi connectivity index (χ0) is 23.6. The van der Waals surface area contributed by atoms with Crippen molar-refractivity contribution >= 4 is 5.97 Å². The van der Waals surface area contributed by atoms with Gasteiger partial charge in [-0.1, -0.05) is 46.5 Å². The van der Waals surface area contributed by atoms with Gasteiger partial charge in [0.15, 0.2) is 0 Å². The highest BCUT2D eigenvalue weighted by atomic mass is 16.7. The van der Waals surface area contributed by atoms with Crippen molar-refractivity contribution in [3.05, 3.63) is 11.3 Å².